The number of hydrogen-bond acceptors (Lipinski definition) is 1. The summed E-state index contributed by atoms with van der Waals surface area (Å²) in [5.74, 6) is 0.371. The second-order valence-corrected chi connectivity index (χ2v) is 8.62. The Morgan fingerprint density at radius 2 is 1.12 bits per heavy atom. The summed E-state index contributed by atoms with van der Waals surface area (Å²) in [6.07, 6.45) is 2.45. The van der Waals surface area contributed by atoms with Crippen LogP contribution in [0.15, 0.2) is 97.1 Å². The van der Waals surface area contributed by atoms with E-state index < -0.39 is 0 Å². The van der Waals surface area contributed by atoms with Gasteiger partial charge in [-0.1, -0.05) is 104 Å². The van der Waals surface area contributed by atoms with E-state index in [9.17, 15) is 0 Å². The average molecular weight is 357 g/mol. The lowest BCUT2D eigenvalue weighted by Crippen LogP contribution is -2.37. The highest BCUT2D eigenvalue weighted by atomic mass is 32.2. The molecule has 26 heavy (non-hydrogen) atoms. The quantitative estimate of drug-likeness (QED) is 0.498. The van der Waals surface area contributed by atoms with Crippen LogP contribution >= 0.6 is 11.8 Å². The van der Waals surface area contributed by atoms with Crippen LogP contribution in [0, 0.1) is 5.92 Å². The van der Waals surface area contributed by atoms with Gasteiger partial charge in [-0.05, 0) is 29.2 Å². The first-order chi connectivity index (χ1) is 12.7. The topological polar surface area (TPSA) is 0 Å². The van der Waals surface area contributed by atoms with Gasteiger partial charge in [-0.2, -0.15) is 0 Å². The molecular weight excluding hydrogens is 332 g/mol. The van der Waals surface area contributed by atoms with Crippen molar-refractivity contribution in [2.24, 2.45) is 5.92 Å². The molecule has 4 rings (SSSR count). The summed E-state index contributed by atoms with van der Waals surface area (Å²) < 4.78 is -0.0815. The Bertz CT molecular complexity index is 842. The summed E-state index contributed by atoms with van der Waals surface area (Å²) in [6.45, 7) is 4.71. The summed E-state index contributed by atoms with van der Waals surface area (Å²) in [4.78, 5) is 0. The Hall–Kier alpha value is -2.25. The van der Waals surface area contributed by atoms with Crippen LogP contribution in [0.2, 0.25) is 0 Å². The van der Waals surface area contributed by atoms with Crippen molar-refractivity contribution in [3.63, 3.8) is 0 Å². The molecule has 0 saturated carbocycles. The van der Waals surface area contributed by atoms with Gasteiger partial charge in [0.15, 0.2) is 0 Å². The highest BCUT2D eigenvalue weighted by Gasteiger charge is 2.45. The van der Waals surface area contributed by atoms with Gasteiger partial charge in [0.25, 0.3) is 0 Å². The van der Waals surface area contributed by atoms with Crippen molar-refractivity contribution in [2.45, 2.75) is 23.8 Å². The predicted molar refractivity (Wildman–Crippen MR) is 114 cm³/mol. The normalized spacial score (nSPS) is 21.8. The number of rotatable bonds is 3. The zero-order chi connectivity index (χ0) is 18.0. The van der Waals surface area contributed by atoms with Crippen molar-refractivity contribution in [2.75, 3.05) is 0 Å². The lowest BCUT2D eigenvalue weighted by atomic mass is 9.74. The van der Waals surface area contributed by atoms with E-state index in [1.54, 1.807) is 0 Å². The highest BCUT2D eigenvalue weighted by molar-refractivity contribution is 8.01. The number of benzene rings is 3. The molecule has 1 heterocycles. The molecule has 0 bridgehead atoms. The molecule has 1 heteroatoms. The molecule has 0 nitrogen and oxygen atoms in total. The maximum Gasteiger partial charge on any atom is 0.0728 e. The van der Waals surface area contributed by atoms with E-state index in [0.29, 0.717) is 11.2 Å². The van der Waals surface area contributed by atoms with Crippen LogP contribution in [0.3, 0.4) is 0 Å². The van der Waals surface area contributed by atoms with Crippen LogP contribution in [0.5, 0.6) is 0 Å². The van der Waals surface area contributed by atoms with E-state index in [0.717, 1.165) is 0 Å². The first-order valence-electron chi connectivity index (χ1n) is 9.28. The van der Waals surface area contributed by atoms with Crippen LogP contribution in [0.25, 0.3) is 5.57 Å². The van der Waals surface area contributed by atoms with Gasteiger partial charge in [-0.15, -0.1) is 11.8 Å². The maximum atomic E-state index is 2.45. The second-order valence-electron chi connectivity index (χ2n) is 7.00. The summed E-state index contributed by atoms with van der Waals surface area (Å²) in [6, 6.07) is 32.9. The SMILES string of the molecule is CC1C=C(c2ccccc2)C(C)C(c2ccccc2)(c2ccccc2)S1. The zero-order valence-corrected chi connectivity index (χ0v) is 16.1. The van der Waals surface area contributed by atoms with Gasteiger partial charge in [0, 0.05) is 11.2 Å². The van der Waals surface area contributed by atoms with E-state index >= 15 is 0 Å². The second kappa shape index (κ2) is 7.17. The molecule has 130 valence electrons. The fraction of sp³-hybridized carbons (Fsp3) is 0.200. The maximum absolute atomic E-state index is 2.45. The third kappa shape index (κ3) is 2.91. The predicted octanol–water partition coefficient (Wildman–Crippen LogP) is 6.79. The van der Waals surface area contributed by atoms with E-state index in [2.05, 4.69) is 123 Å². The van der Waals surface area contributed by atoms with Crippen molar-refractivity contribution in [1.29, 1.82) is 0 Å². The van der Waals surface area contributed by atoms with Crippen LogP contribution in [0.4, 0.5) is 0 Å². The zero-order valence-electron chi connectivity index (χ0n) is 15.3. The number of thioether (sulfide) groups is 1. The highest BCUT2D eigenvalue weighted by Crippen LogP contribution is 2.57. The molecule has 0 radical (unpaired) electrons. The largest absolute Gasteiger partial charge is 0.138 e. The summed E-state index contributed by atoms with van der Waals surface area (Å²) in [5.41, 5.74) is 5.56. The van der Waals surface area contributed by atoms with Gasteiger partial charge in [0.05, 0.1) is 4.75 Å². The monoisotopic (exact) mass is 356 g/mol. The molecule has 2 unspecified atom stereocenters. The minimum atomic E-state index is -0.0815. The molecule has 0 fully saturated rings. The first kappa shape index (κ1) is 17.2. The van der Waals surface area contributed by atoms with Crippen LogP contribution in [-0.2, 0) is 4.75 Å². The fourth-order valence-corrected chi connectivity index (χ4v) is 5.87. The van der Waals surface area contributed by atoms with Crippen molar-refractivity contribution in [1.82, 2.24) is 0 Å². The van der Waals surface area contributed by atoms with Gasteiger partial charge in [-0.3, -0.25) is 0 Å². The minimum Gasteiger partial charge on any atom is -0.138 e. The van der Waals surface area contributed by atoms with E-state index in [1.807, 2.05) is 0 Å². The molecule has 0 spiro atoms. The van der Waals surface area contributed by atoms with Gasteiger partial charge < -0.3 is 0 Å². The molecule has 0 amide bonds. The molecule has 1 aliphatic heterocycles. The Labute approximate surface area is 161 Å². The van der Waals surface area contributed by atoms with E-state index in [4.69, 9.17) is 0 Å². The van der Waals surface area contributed by atoms with Crippen molar-refractivity contribution in [3.8, 4) is 0 Å². The average Bonchev–Trinajstić information content (AvgIpc) is 2.71. The number of allylic oxidation sites excluding steroid dienone is 1. The van der Waals surface area contributed by atoms with Crippen molar-refractivity contribution < 1.29 is 0 Å². The Balaban J connectivity index is 1.93. The molecule has 0 aromatic heterocycles. The fourth-order valence-electron chi connectivity index (χ4n) is 4.20. The molecule has 0 N–H and O–H groups in total. The van der Waals surface area contributed by atoms with Crippen LogP contribution < -0.4 is 0 Å². The summed E-state index contributed by atoms with van der Waals surface area (Å²) >= 11 is 2.07. The minimum absolute atomic E-state index is 0.0815. The van der Waals surface area contributed by atoms with Gasteiger partial charge in [-0.25, -0.2) is 0 Å². The van der Waals surface area contributed by atoms with Crippen LogP contribution in [0.1, 0.15) is 30.5 Å². The van der Waals surface area contributed by atoms with E-state index in [1.165, 1.54) is 22.3 Å². The number of hydrogen-bond donors (Lipinski definition) is 0. The third-order valence-corrected chi connectivity index (χ3v) is 7.08. The van der Waals surface area contributed by atoms with Gasteiger partial charge in [0.1, 0.15) is 0 Å². The molecule has 0 saturated heterocycles. The standard InChI is InChI=1S/C25H24S/c1-19-18-24(21-12-6-3-7-13-21)20(2)25(26-19,22-14-8-4-9-15-22)23-16-10-5-11-17-23/h3-20H,1-2H3. The smallest absolute Gasteiger partial charge is 0.0728 e. The molecule has 3 aromatic carbocycles. The molecule has 0 aliphatic carbocycles. The molecule has 3 aromatic rings. The Morgan fingerprint density at radius 3 is 1.62 bits per heavy atom. The first-order valence-corrected chi connectivity index (χ1v) is 10.2. The molecular formula is C25H24S. The lowest BCUT2D eigenvalue weighted by Gasteiger charge is -2.45. The van der Waals surface area contributed by atoms with Crippen molar-refractivity contribution >= 4 is 17.3 Å². The van der Waals surface area contributed by atoms with Crippen molar-refractivity contribution in [3.05, 3.63) is 114 Å². The molecule has 1 aliphatic rings. The Morgan fingerprint density at radius 1 is 0.654 bits per heavy atom. The van der Waals surface area contributed by atoms with Crippen LogP contribution in [-0.4, -0.2) is 5.25 Å². The van der Waals surface area contributed by atoms with E-state index in [-0.39, 0.29) is 4.75 Å². The Kier molecular flexibility index (Phi) is 4.74. The molecule has 2 atom stereocenters. The third-order valence-electron chi connectivity index (χ3n) is 5.37. The van der Waals surface area contributed by atoms with Gasteiger partial charge in [0.2, 0.25) is 0 Å². The summed E-state index contributed by atoms with van der Waals surface area (Å²) in [7, 11) is 0. The lowest BCUT2D eigenvalue weighted by molar-refractivity contribution is 0.577. The summed E-state index contributed by atoms with van der Waals surface area (Å²) in [5, 5.41) is 0.446. The van der Waals surface area contributed by atoms with Gasteiger partial charge >= 0.3 is 0 Å².